The zero-order valence-electron chi connectivity index (χ0n) is 13.4. The van der Waals surface area contributed by atoms with Crippen LogP contribution < -0.4 is 0 Å². The van der Waals surface area contributed by atoms with Crippen molar-refractivity contribution in [3.63, 3.8) is 0 Å². The Hall–Kier alpha value is -2.60. The lowest BCUT2D eigenvalue weighted by atomic mass is 9.86. The van der Waals surface area contributed by atoms with E-state index in [-0.39, 0.29) is 0 Å². The van der Waals surface area contributed by atoms with Gasteiger partial charge in [0.25, 0.3) is 0 Å². The van der Waals surface area contributed by atoms with Crippen LogP contribution in [0, 0.1) is 0 Å². The van der Waals surface area contributed by atoms with E-state index >= 15 is 0 Å². The maximum absolute atomic E-state index is 2.28. The van der Waals surface area contributed by atoms with Crippen molar-refractivity contribution in [1.29, 1.82) is 0 Å². The molecule has 0 aromatic heterocycles. The van der Waals surface area contributed by atoms with E-state index in [0.29, 0.717) is 0 Å². The smallest absolute Gasteiger partial charge is 0.00669 e. The molecule has 0 heterocycles. The molecule has 0 fully saturated rings. The summed E-state index contributed by atoms with van der Waals surface area (Å²) >= 11 is 0. The highest BCUT2D eigenvalue weighted by atomic mass is 14.2. The topological polar surface area (TPSA) is 0 Å². The van der Waals surface area contributed by atoms with E-state index in [1.807, 2.05) is 0 Å². The molecule has 0 saturated heterocycles. The quantitative estimate of drug-likeness (QED) is 0.373. The Morgan fingerprint density at radius 1 is 0.565 bits per heavy atom. The predicted octanol–water partition coefficient (Wildman–Crippen LogP) is 6.61. The summed E-state index contributed by atoms with van der Waals surface area (Å²) in [5.41, 5.74) is 4.20. The average Bonchev–Trinajstić information content (AvgIpc) is 2.63. The van der Waals surface area contributed by atoms with Crippen LogP contribution in [0.3, 0.4) is 0 Å². The van der Waals surface area contributed by atoms with Gasteiger partial charge in [-0.1, -0.05) is 92.2 Å². The van der Waals surface area contributed by atoms with Crippen LogP contribution in [0.5, 0.6) is 0 Å². The van der Waals surface area contributed by atoms with Gasteiger partial charge in [0.15, 0.2) is 0 Å². The van der Waals surface area contributed by atoms with Crippen molar-refractivity contribution in [2.45, 2.75) is 19.8 Å². The van der Waals surface area contributed by atoms with Crippen molar-refractivity contribution in [3.05, 3.63) is 84.4 Å². The van der Waals surface area contributed by atoms with Crippen LogP contribution in [0.1, 0.15) is 18.9 Å². The van der Waals surface area contributed by atoms with Gasteiger partial charge in [0.05, 0.1) is 0 Å². The van der Waals surface area contributed by atoms with Gasteiger partial charge >= 0.3 is 0 Å². The molecule has 0 aliphatic carbocycles. The first kappa shape index (κ1) is 14.0. The molecule has 0 saturated carbocycles. The van der Waals surface area contributed by atoms with Crippen molar-refractivity contribution < 1.29 is 0 Å². The van der Waals surface area contributed by atoms with Crippen LogP contribution in [0.25, 0.3) is 32.7 Å². The zero-order valence-corrected chi connectivity index (χ0v) is 13.4. The van der Waals surface area contributed by atoms with Gasteiger partial charge in [-0.05, 0) is 44.7 Å². The minimum atomic E-state index is 1.11. The standard InChI is InChI=1S/C23H20/c1-2-10-21-19-14-7-6-13-18(19)20-15-8-9-16-22(20)23(21)17-11-4-3-5-12-17/h3-9,11-16H,2,10H2,1H3. The lowest BCUT2D eigenvalue weighted by Gasteiger charge is -2.17. The number of benzene rings is 4. The Bertz CT molecular complexity index is 965. The van der Waals surface area contributed by atoms with Gasteiger partial charge < -0.3 is 0 Å². The highest BCUT2D eigenvalue weighted by Gasteiger charge is 2.14. The Morgan fingerprint density at radius 2 is 1.09 bits per heavy atom. The fourth-order valence-electron chi connectivity index (χ4n) is 3.66. The van der Waals surface area contributed by atoms with E-state index in [9.17, 15) is 0 Å². The van der Waals surface area contributed by atoms with Gasteiger partial charge in [-0.15, -0.1) is 0 Å². The lowest BCUT2D eigenvalue weighted by molar-refractivity contribution is 0.932. The third-order valence-electron chi connectivity index (χ3n) is 4.60. The second kappa shape index (κ2) is 5.89. The van der Waals surface area contributed by atoms with E-state index in [0.717, 1.165) is 12.8 Å². The van der Waals surface area contributed by atoms with Gasteiger partial charge in [0, 0.05) is 0 Å². The molecule has 0 radical (unpaired) electrons. The molecular formula is C23H20. The molecule has 0 unspecified atom stereocenters. The van der Waals surface area contributed by atoms with Crippen LogP contribution in [0.15, 0.2) is 78.9 Å². The normalized spacial score (nSPS) is 11.2. The SMILES string of the molecule is CCCc1c(-c2ccccc2)c2ccccc2c2ccccc12. The molecule has 4 aromatic carbocycles. The van der Waals surface area contributed by atoms with Crippen molar-refractivity contribution >= 4 is 21.5 Å². The molecule has 0 nitrogen and oxygen atoms in total. The lowest BCUT2D eigenvalue weighted by Crippen LogP contribution is -1.94. The highest BCUT2D eigenvalue weighted by Crippen LogP contribution is 2.39. The second-order valence-electron chi connectivity index (χ2n) is 6.06. The molecule has 0 aliphatic rings. The summed E-state index contributed by atoms with van der Waals surface area (Å²) < 4.78 is 0. The Labute approximate surface area is 137 Å². The summed E-state index contributed by atoms with van der Waals surface area (Å²) in [4.78, 5) is 0. The van der Waals surface area contributed by atoms with Crippen LogP contribution in [0.2, 0.25) is 0 Å². The summed E-state index contributed by atoms with van der Waals surface area (Å²) in [5, 5.41) is 5.47. The molecular weight excluding hydrogens is 276 g/mol. The fourth-order valence-corrected chi connectivity index (χ4v) is 3.66. The minimum absolute atomic E-state index is 1.11. The molecule has 112 valence electrons. The van der Waals surface area contributed by atoms with Crippen molar-refractivity contribution in [1.82, 2.24) is 0 Å². The molecule has 0 atom stereocenters. The van der Waals surface area contributed by atoms with Crippen molar-refractivity contribution in [3.8, 4) is 11.1 Å². The van der Waals surface area contributed by atoms with Crippen LogP contribution in [0.4, 0.5) is 0 Å². The first-order valence-corrected chi connectivity index (χ1v) is 8.38. The van der Waals surface area contributed by atoms with Crippen LogP contribution in [-0.4, -0.2) is 0 Å². The first-order chi connectivity index (χ1) is 11.4. The highest BCUT2D eigenvalue weighted by molar-refractivity contribution is 6.15. The summed E-state index contributed by atoms with van der Waals surface area (Å²) in [6.45, 7) is 2.26. The largest absolute Gasteiger partial charge is 0.0651 e. The van der Waals surface area contributed by atoms with E-state index < -0.39 is 0 Å². The average molecular weight is 296 g/mol. The summed E-state index contributed by atoms with van der Waals surface area (Å²) in [6, 6.07) is 28.5. The maximum Gasteiger partial charge on any atom is -0.00669 e. The van der Waals surface area contributed by atoms with Crippen LogP contribution in [-0.2, 0) is 6.42 Å². The molecule has 0 N–H and O–H groups in total. The molecule has 0 heteroatoms. The molecule has 0 spiro atoms. The second-order valence-corrected chi connectivity index (χ2v) is 6.06. The number of aryl methyl sites for hydroxylation is 1. The summed E-state index contributed by atoms with van der Waals surface area (Å²) in [6.07, 6.45) is 2.26. The van der Waals surface area contributed by atoms with E-state index in [2.05, 4.69) is 85.8 Å². The van der Waals surface area contributed by atoms with Gasteiger partial charge in [-0.3, -0.25) is 0 Å². The van der Waals surface area contributed by atoms with Gasteiger partial charge in [-0.2, -0.15) is 0 Å². The Balaban J connectivity index is 2.23. The fraction of sp³-hybridized carbons (Fsp3) is 0.130. The predicted molar refractivity (Wildman–Crippen MR) is 101 cm³/mol. The third-order valence-corrected chi connectivity index (χ3v) is 4.60. The van der Waals surface area contributed by atoms with Gasteiger partial charge in [-0.25, -0.2) is 0 Å². The van der Waals surface area contributed by atoms with E-state index in [1.165, 1.54) is 38.2 Å². The number of rotatable bonds is 3. The molecule has 23 heavy (non-hydrogen) atoms. The maximum atomic E-state index is 2.28. The van der Waals surface area contributed by atoms with E-state index in [4.69, 9.17) is 0 Å². The molecule has 0 bridgehead atoms. The van der Waals surface area contributed by atoms with Gasteiger partial charge in [0.1, 0.15) is 0 Å². The summed E-state index contributed by atoms with van der Waals surface area (Å²) in [5.74, 6) is 0. The first-order valence-electron chi connectivity index (χ1n) is 8.38. The third kappa shape index (κ3) is 2.31. The van der Waals surface area contributed by atoms with Crippen molar-refractivity contribution in [2.24, 2.45) is 0 Å². The van der Waals surface area contributed by atoms with E-state index in [1.54, 1.807) is 0 Å². The monoisotopic (exact) mass is 296 g/mol. The molecule has 4 rings (SSSR count). The minimum Gasteiger partial charge on any atom is -0.0651 e. The zero-order chi connectivity index (χ0) is 15.6. The molecule has 0 aliphatic heterocycles. The molecule has 4 aromatic rings. The number of hydrogen-bond acceptors (Lipinski definition) is 0. The Kier molecular flexibility index (Phi) is 3.59. The van der Waals surface area contributed by atoms with Gasteiger partial charge in [0.2, 0.25) is 0 Å². The number of hydrogen-bond donors (Lipinski definition) is 0. The Morgan fingerprint density at radius 3 is 1.74 bits per heavy atom. The van der Waals surface area contributed by atoms with Crippen LogP contribution >= 0.6 is 0 Å². The van der Waals surface area contributed by atoms with Crippen molar-refractivity contribution in [2.75, 3.05) is 0 Å². The summed E-state index contributed by atoms with van der Waals surface area (Å²) in [7, 11) is 0. The number of fused-ring (bicyclic) bond motifs is 3. The molecule has 0 amide bonds.